The lowest BCUT2D eigenvalue weighted by Gasteiger charge is -2.32. The molecule has 1 N–H and O–H groups in total. The van der Waals surface area contributed by atoms with Gasteiger partial charge in [0.05, 0.1) is 7.11 Å². The molecule has 0 unspecified atom stereocenters. The number of nitrogens with one attached hydrogen (secondary N) is 1. The average Bonchev–Trinajstić information content (AvgIpc) is 3.31. The van der Waals surface area contributed by atoms with Crippen LogP contribution in [-0.4, -0.2) is 37.7 Å². The Hall–Kier alpha value is -0.840. The number of ether oxygens (including phenoxy) is 1. The monoisotopic (exact) mass is 328 g/mol. The van der Waals surface area contributed by atoms with Crippen LogP contribution in [0.4, 0.5) is 4.39 Å². The van der Waals surface area contributed by atoms with Gasteiger partial charge in [0.15, 0.2) is 11.6 Å². The predicted molar refractivity (Wildman–Crippen MR) is 89.2 cm³/mol. The zero-order chi connectivity index (χ0) is 14.7. The molecule has 0 radical (unpaired) electrons. The Morgan fingerprint density at radius 1 is 1.23 bits per heavy atom. The Bertz CT molecular complexity index is 474. The number of halogens is 2. The lowest BCUT2D eigenvalue weighted by molar-refractivity contribution is 0.190. The van der Waals surface area contributed by atoms with E-state index >= 15 is 0 Å². The number of hydrogen-bond acceptors (Lipinski definition) is 3. The van der Waals surface area contributed by atoms with Crippen molar-refractivity contribution >= 4 is 12.4 Å². The third-order valence-electron chi connectivity index (χ3n) is 4.60. The Morgan fingerprint density at radius 3 is 2.55 bits per heavy atom. The van der Waals surface area contributed by atoms with E-state index in [0.29, 0.717) is 11.8 Å². The van der Waals surface area contributed by atoms with Crippen LogP contribution in [0.3, 0.4) is 0 Å². The quantitative estimate of drug-likeness (QED) is 0.867. The maximum absolute atomic E-state index is 13.7. The fourth-order valence-corrected chi connectivity index (χ4v) is 3.02. The summed E-state index contributed by atoms with van der Waals surface area (Å²) >= 11 is 0. The van der Waals surface area contributed by atoms with Gasteiger partial charge < -0.3 is 10.1 Å². The summed E-state index contributed by atoms with van der Waals surface area (Å²) in [4.78, 5) is 2.41. The molecule has 1 aromatic rings. The van der Waals surface area contributed by atoms with Crippen molar-refractivity contribution in [3.8, 4) is 5.75 Å². The van der Waals surface area contributed by atoms with Gasteiger partial charge in [-0.3, -0.25) is 4.90 Å². The van der Waals surface area contributed by atoms with E-state index in [1.807, 2.05) is 6.07 Å². The fourth-order valence-electron chi connectivity index (χ4n) is 3.02. The van der Waals surface area contributed by atoms with Crippen molar-refractivity contribution in [2.24, 2.45) is 5.92 Å². The van der Waals surface area contributed by atoms with E-state index in [1.54, 1.807) is 12.1 Å². The number of rotatable bonds is 6. The first-order chi connectivity index (χ1) is 10.2. The maximum Gasteiger partial charge on any atom is 0.165 e. The van der Waals surface area contributed by atoms with Crippen molar-refractivity contribution < 1.29 is 9.13 Å². The Morgan fingerprint density at radius 2 is 1.95 bits per heavy atom. The minimum atomic E-state index is -0.268. The molecule has 0 aromatic heterocycles. The smallest absolute Gasteiger partial charge is 0.165 e. The topological polar surface area (TPSA) is 24.5 Å². The molecule has 22 heavy (non-hydrogen) atoms. The van der Waals surface area contributed by atoms with Crippen LogP contribution < -0.4 is 10.1 Å². The van der Waals surface area contributed by atoms with E-state index in [0.717, 1.165) is 31.1 Å². The van der Waals surface area contributed by atoms with Crippen molar-refractivity contribution in [1.82, 2.24) is 10.2 Å². The summed E-state index contributed by atoms with van der Waals surface area (Å²) in [5, 5.41) is 3.69. The van der Waals surface area contributed by atoms with E-state index in [9.17, 15) is 4.39 Å². The molecular weight excluding hydrogens is 303 g/mol. The van der Waals surface area contributed by atoms with Gasteiger partial charge in [0, 0.05) is 12.6 Å². The maximum atomic E-state index is 13.7. The van der Waals surface area contributed by atoms with Crippen molar-refractivity contribution in [2.75, 3.05) is 26.7 Å². The normalized spacial score (nSPS) is 19.7. The summed E-state index contributed by atoms with van der Waals surface area (Å²) in [6.45, 7) is 4.22. The molecular formula is C17H26ClFN2O. The van der Waals surface area contributed by atoms with E-state index in [1.165, 1.54) is 39.3 Å². The molecule has 0 spiro atoms. The lowest BCUT2D eigenvalue weighted by atomic mass is 10.0. The molecule has 1 aliphatic heterocycles. The minimum absolute atomic E-state index is 0. The zero-order valence-electron chi connectivity index (χ0n) is 13.2. The molecule has 3 nitrogen and oxygen atoms in total. The van der Waals surface area contributed by atoms with Crippen molar-refractivity contribution in [3.63, 3.8) is 0 Å². The summed E-state index contributed by atoms with van der Waals surface area (Å²) in [6.07, 6.45) is 5.22. The number of hydrogen-bond donors (Lipinski definition) is 1. The van der Waals surface area contributed by atoms with Gasteiger partial charge in [-0.2, -0.15) is 0 Å². The number of likely N-dealkylation sites (tertiary alicyclic amines) is 1. The second kappa shape index (κ2) is 8.14. The van der Waals surface area contributed by atoms with Gasteiger partial charge in [0.2, 0.25) is 0 Å². The molecule has 5 heteroatoms. The average molecular weight is 329 g/mol. The molecule has 2 fully saturated rings. The highest BCUT2D eigenvalue weighted by molar-refractivity contribution is 5.85. The van der Waals surface area contributed by atoms with Crippen LogP contribution in [0, 0.1) is 11.7 Å². The zero-order valence-corrected chi connectivity index (χ0v) is 14.0. The molecule has 3 rings (SSSR count). The number of benzene rings is 1. The molecule has 1 aliphatic carbocycles. The highest BCUT2D eigenvalue weighted by Gasteiger charge is 2.24. The van der Waals surface area contributed by atoms with Crippen LogP contribution in [0.2, 0.25) is 0 Å². The molecule has 1 heterocycles. The van der Waals surface area contributed by atoms with E-state index in [4.69, 9.17) is 4.74 Å². The number of piperidine rings is 1. The number of methoxy groups -OCH3 is 1. The Kier molecular flexibility index (Phi) is 6.48. The van der Waals surface area contributed by atoms with Gasteiger partial charge in [0.25, 0.3) is 0 Å². The van der Waals surface area contributed by atoms with E-state index < -0.39 is 0 Å². The van der Waals surface area contributed by atoms with E-state index in [2.05, 4.69) is 10.2 Å². The van der Waals surface area contributed by atoms with Crippen LogP contribution in [0.1, 0.15) is 31.2 Å². The SMILES string of the molecule is COc1ccc(CN2CCC(NCC3CC3)CC2)cc1F.Cl. The van der Waals surface area contributed by atoms with Gasteiger partial charge in [0.1, 0.15) is 0 Å². The summed E-state index contributed by atoms with van der Waals surface area (Å²) in [5.41, 5.74) is 1.03. The second-order valence-electron chi connectivity index (χ2n) is 6.37. The summed E-state index contributed by atoms with van der Waals surface area (Å²) in [6, 6.07) is 5.94. The fraction of sp³-hybridized carbons (Fsp3) is 0.647. The molecule has 1 aromatic carbocycles. The first-order valence-electron chi connectivity index (χ1n) is 8.03. The van der Waals surface area contributed by atoms with E-state index in [-0.39, 0.29) is 18.2 Å². The van der Waals surface area contributed by atoms with Gasteiger partial charge in [-0.05, 0) is 68.9 Å². The van der Waals surface area contributed by atoms with Crippen LogP contribution in [0.15, 0.2) is 18.2 Å². The molecule has 1 saturated carbocycles. The highest BCUT2D eigenvalue weighted by Crippen LogP contribution is 2.28. The molecule has 124 valence electrons. The third kappa shape index (κ3) is 4.83. The molecule has 0 bridgehead atoms. The van der Waals surface area contributed by atoms with Gasteiger partial charge in [-0.15, -0.1) is 12.4 Å². The van der Waals surface area contributed by atoms with Crippen LogP contribution >= 0.6 is 12.4 Å². The Labute approximate surface area is 138 Å². The molecule has 0 atom stereocenters. The van der Waals surface area contributed by atoms with Gasteiger partial charge >= 0.3 is 0 Å². The minimum Gasteiger partial charge on any atom is -0.494 e. The largest absolute Gasteiger partial charge is 0.494 e. The van der Waals surface area contributed by atoms with Gasteiger partial charge in [-0.25, -0.2) is 4.39 Å². The third-order valence-corrected chi connectivity index (χ3v) is 4.60. The molecule has 0 amide bonds. The highest BCUT2D eigenvalue weighted by atomic mass is 35.5. The van der Waals surface area contributed by atoms with Crippen LogP contribution in [-0.2, 0) is 6.54 Å². The van der Waals surface area contributed by atoms with Crippen molar-refractivity contribution in [1.29, 1.82) is 0 Å². The van der Waals surface area contributed by atoms with Crippen molar-refractivity contribution in [2.45, 2.75) is 38.3 Å². The van der Waals surface area contributed by atoms with Crippen LogP contribution in [0.5, 0.6) is 5.75 Å². The standard InChI is InChI=1S/C17H25FN2O.ClH/c1-21-17-5-4-14(10-16(17)18)12-20-8-6-15(7-9-20)19-11-13-2-3-13;/h4-5,10,13,15,19H,2-3,6-9,11-12H2,1H3;1H. The molecule has 1 saturated heterocycles. The summed E-state index contributed by atoms with van der Waals surface area (Å²) in [5.74, 6) is 1.00. The first kappa shape index (κ1) is 17.5. The van der Waals surface area contributed by atoms with Crippen LogP contribution in [0.25, 0.3) is 0 Å². The van der Waals surface area contributed by atoms with Crippen molar-refractivity contribution in [3.05, 3.63) is 29.6 Å². The summed E-state index contributed by atoms with van der Waals surface area (Å²) in [7, 11) is 1.50. The second-order valence-corrected chi connectivity index (χ2v) is 6.37. The predicted octanol–water partition coefficient (Wildman–Crippen LogP) is 3.22. The molecule has 2 aliphatic rings. The Balaban J connectivity index is 0.00000176. The summed E-state index contributed by atoms with van der Waals surface area (Å²) < 4.78 is 18.7. The number of nitrogens with zero attached hydrogens (tertiary/aromatic N) is 1. The van der Waals surface area contributed by atoms with Gasteiger partial charge in [-0.1, -0.05) is 6.07 Å². The first-order valence-corrected chi connectivity index (χ1v) is 8.03. The lowest BCUT2D eigenvalue weighted by Crippen LogP contribution is -2.42.